The van der Waals surface area contributed by atoms with Crippen LogP contribution in [0.25, 0.3) is 0 Å². The molecule has 0 spiro atoms. The number of nitrogens with one attached hydrogen (secondary N) is 1. The Balaban J connectivity index is 1.75. The Morgan fingerprint density at radius 3 is 2.80 bits per heavy atom. The number of nitrogens with zero attached hydrogens (tertiary/aromatic N) is 1. The highest BCUT2D eigenvalue weighted by atomic mass is 16.2. The monoisotopic (exact) mass is 202 g/mol. The third kappa shape index (κ3) is 1.39. The number of hydrogen-bond acceptors (Lipinski definition) is 2. The number of anilines is 1. The van der Waals surface area contributed by atoms with Gasteiger partial charge >= 0.3 is 0 Å². The Kier molecular flexibility index (Phi) is 1.91. The molecule has 2 heterocycles. The fourth-order valence-corrected chi connectivity index (χ4v) is 2.20. The number of carbonyl (C=O) groups excluding carboxylic acids is 1. The van der Waals surface area contributed by atoms with Gasteiger partial charge in [0.2, 0.25) is 5.91 Å². The van der Waals surface area contributed by atoms with Gasteiger partial charge in [-0.3, -0.25) is 4.79 Å². The van der Waals surface area contributed by atoms with Crippen LogP contribution in [0.4, 0.5) is 5.69 Å². The SMILES string of the molecule is O=C(C1Cc2ccccc2N1)N1CCC1. The molecule has 1 N–H and O–H groups in total. The minimum Gasteiger partial charge on any atom is -0.373 e. The topological polar surface area (TPSA) is 32.3 Å². The van der Waals surface area contributed by atoms with Gasteiger partial charge in [0.15, 0.2) is 0 Å². The van der Waals surface area contributed by atoms with E-state index < -0.39 is 0 Å². The van der Waals surface area contributed by atoms with Gasteiger partial charge in [-0.2, -0.15) is 0 Å². The summed E-state index contributed by atoms with van der Waals surface area (Å²) >= 11 is 0. The molecule has 0 aromatic heterocycles. The molecule has 0 aliphatic carbocycles. The largest absolute Gasteiger partial charge is 0.373 e. The Morgan fingerprint density at radius 2 is 2.13 bits per heavy atom. The molecule has 1 unspecified atom stereocenters. The van der Waals surface area contributed by atoms with Crippen LogP contribution in [0.15, 0.2) is 24.3 Å². The number of para-hydroxylation sites is 1. The number of amides is 1. The van der Waals surface area contributed by atoms with Crippen molar-refractivity contribution in [1.29, 1.82) is 0 Å². The number of hydrogen-bond donors (Lipinski definition) is 1. The van der Waals surface area contributed by atoms with Gasteiger partial charge in [0.1, 0.15) is 6.04 Å². The van der Waals surface area contributed by atoms with Crippen molar-refractivity contribution in [3.05, 3.63) is 29.8 Å². The number of likely N-dealkylation sites (tertiary alicyclic amines) is 1. The first kappa shape index (κ1) is 8.77. The molecule has 1 saturated heterocycles. The highest BCUT2D eigenvalue weighted by Crippen LogP contribution is 2.26. The van der Waals surface area contributed by atoms with Crippen molar-refractivity contribution >= 4 is 11.6 Å². The summed E-state index contributed by atoms with van der Waals surface area (Å²) in [5.41, 5.74) is 2.38. The standard InChI is InChI=1S/C12H14N2O/c15-12(14-6-3-7-14)11-8-9-4-1-2-5-10(9)13-11/h1-2,4-5,11,13H,3,6-8H2. The van der Waals surface area contributed by atoms with Crippen molar-refractivity contribution < 1.29 is 4.79 Å². The first-order chi connectivity index (χ1) is 7.34. The summed E-state index contributed by atoms with van der Waals surface area (Å²) in [4.78, 5) is 13.9. The van der Waals surface area contributed by atoms with Gasteiger partial charge in [0.05, 0.1) is 0 Å². The maximum atomic E-state index is 12.0. The molecule has 0 radical (unpaired) electrons. The van der Waals surface area contributed by atoms with Gasteiger partial charge in [-0.1, -0.05) is 18.2 Å². The smallest absolute Gasteiger partial charge is 0.245 e. The van der Waals surface area contributed by atoms with E-state index >= 15 is 0 Å². The van der Waals surface area contributed by atoms with Crippen LogP contribution >= 0.6 is 0 Å². The molecule has 0 bridgehead atoms. The Bertz CT molecular complexity index is 373. The van der Waals surface area contributed by atoms with Crippen LogP contribution in [-0.4, -0.2) is 29.9 Å². The second-order valence-electron chi connectivity index (χ2n) is 4.24. The molecule has 2 aliphatic heterocycles. The molecule has 1 aromatic carbocycles. The van der Waals surface area contributed by atoms with Gasteiger partial charge < -0.3 is 10.2 Å². The van der Waals surface area contributed by atoms with Crippen LogP contribution in [-0.2, 0) is 11.2 Å². The van der Waals surface area contributed by atoms with Crippen molar-refractivity contribution in [2.75, 3.05) is 18.4 Å². The van der Waals surface area contributed by atoms with Crippen molar-refractivity contribution in [2.45, 2.75) is 18.9 Å². The minimum absolute atomic E-state index is 0.0253. The Morgan fingerprint density at radius 1 is 1.33 bits per heavy atom. The predicted molar refractivity (Wildman–Crippen MR) is 58.8 cm³/mol. The lowest BCUT2D eigenvalue weighted by Gasteiger charge is -2.33. The molecule has 1 atom stereocenters. The van der Waals surface area contributed by atoms with E-state index in [0.717, 1.165) is 31.6 Å². The molecular formula is C12H14N2O. The van der Waals surface area contributed by atoms with Crippen LogP contribution < -0.4 is 5.32 Å². The molecule has 3 nitrogen and oxygen atoms in total. The lowest BCUT2D eigenvalue weighted by Crippen LogP contribution is -2.49. The molecular weight excluding hydrogens is 188 g/mol. The molecule has 78 valence electrons. The zero-order valence-corrected chi connectivity index (χ0v) is 8.57. The third-order valence-corrected chi connectivity index (χ3v) is 3.24. The second-order valence-corrected chi connectivity index (χ2v) is 4.24. The van der Waals surface area contributed by atoms with Crippen LogP contribution in [0, 0.1) is 0 Å². The molecule has 1 aromatic rings. The third-order valence-electron chi connectivity index (χ3n) is 3.24. The van der Waals surface area contributed by atoms with E-state index in [1.54, 1.807) is 0 Å². The van der Waals surface area contributed by atoms with Crippen molar-refractivity contribution in [2.24, 2.45) is 0 Å². The molecule has 3 heteroatoms. The minimum atomic E-state index is -0.0253. The van der Waals surface area contributed by atoms with Gasteiger partial charge in [-0.05, 0) is 18.1 Å². The van der Waals surface area contributed by atoms with E-state index in [9.17, 15) is 4.79 Å². The lowest BCUT2D eigenvalue weighted by molar-refractivity contribution is -0.135. The maximum absolute atomic E-state index is 12.0. The first-order valence-corrected chi connectivity index (χ1v) is 5.48. The molecule has 1 amide bonds. The molecule has 2 aliphatic rings. The number of benzene rings is 1. The van der Waals surface area contributed by atoms with E-state index in [2.05, 4.69) is 11.4 Å². The van der Waals surface area contributed by atoms with Crippen LogP contribution in [0.2, 0.25) is 0 Å². The highest BCUT2D eigenvalue weighted by Gasteiger charge is 2.31. The highest BCUT2D eigenvalue weighted by molar-refractivity contribution is 5.87. The first-order valence-electron chi connectivity index (χ1n) is 5.48. The van der Waals surface area contributed by atoms with Crippen LogP contribution in [0.1, 0.15) is 12.0 Å². The van der Waals surface area contributed by atoms with E-state index in [1.807, 2.05) is 23.1 Å². The number of rotatable bonds is 1. The summed E-state index contributed by atoms with van der Waals surface area (Å²) in [7, 11) is 0. The fourth-order valence-electron chi connectivity index (χ4n) is 2.20. The summed E-state index contributed by atoms with van der Waals surface area (Å²) in [6.45, 7) is 1.88. The van der Waals surface area contributed by atoms with Gasteiger partial charge in [-0.15, -0.1) is 0 Å². The van der Waals surface area contributed by atoms with Crippen molar-refractivity contribution in [1.82, 2.24) is 4.90 Å². The summed E-state index contributed by atoms with van der Waals surface area (Å²) in [6.07, 6.45) is 2.00. The number of fused-ring (bicyclic) bond motifs is 1. The molecule has 15 heavy (non-hydrogen) atoms. The second kappa shape index (κ2) is 3.26. The zero-order valence-electron chi connectivity index (χ0n) is 8.57. The molecule has 3 rings (SSSR count). The Hall–Kier alpha value is -1.51. The number of carbonyl (C=O) groups is 1. The van der Waals surface area contributed by atoms with E-state index in [0.29, 0.717) is 0 Å². The maximum Gasteiger partial charge on any atom is 0.245 e. The van der Waals surface area contributed by atoms with E-state index in [1.165, 1.54) is 5.56 Å². The Labute approximate surface area is 89.1 Å². The lowest BCUT2D eigenvalue weighted by atomic mass is 10.1. The molecule has 1 fully saturated rings. The summed E-state index contributed by atoms with van der Waals surface area (Å²) in [6, 6.07) is 8.13. The molecule has 0 saturated carbocycles. The van der Waals surface area contributed by atoms with Crippen LogP contribution in [0.5, 0.6) is 0 Å². The van der Waals surface area contributed by atoms with E-state index in [-0.39, 0.29) is 11.9 Å². The average molecular weight is 202 g/mol. The summed E-state index contributed by atoms with van der Waals surface area (Å²) < 4.78 is 0. The van der Waals surface area contributed by atoms with Crippen molar-refractivity contribution in [3.8, 4) is 0 Å². The summed E-state index contributed by atoms with van der Waals surface area (Å²) in [5, 5.41) is 3.29. The summed E-state index contributed by atoms with van der Waals surface area (Å²) in [5.74, 6) is 0.262. The fraction of sp³-hybridized carbons (Fsp3) is 0.417. The normalized spacial score (nSPS) is 22.9. The van der Waals surface area contributed by atoms with Gasteiger partial charge in [-0.25, -0.2) is 0 Å². The van der Waals surface area contributed by atoms with E-state index in [4.69, 9.17) is 0 Å². The van der Waals surface area contributed by atoms with Gasteiger partial charge in [0, 0.05) is 25.2 Å². The quantitative estimate of drug-likeness (QED) is 0.743. The average Bonchev–Trinajstić information content (AvgIpc) is 2.58. The predicted octanol–water partition coefficient (Wildman–Crippen LogP) is 1.26. The van der Waals surface area contributed by atoms with Crippen LogP contribution in [0.3, 0.4) is 0 Å². The van der Waals surface area contributed by atoms with Gasteiger partial charge in [0.25, 0.3) is 0 Å². The van der Waals surface area contributed by atoms with Crippen molar-refractivity contribution in [3.63, 3.8) is 0 Å². The zero-order chi connectivity index (χ0) is 10.3.